The molecule has 2 heterocycles. The van der Waals surface area contributed by atoms with Gasteiger partial charge in [-0.05, 0) is 43.5 Å². The van der Waals surface area contributed by atoms with Crippen LogP contribution < -0.4 is 15.7 Å². The molecule has 6 nitrogen and oxygen atoms in total. The first-order valence-electron chi connectivity index (χ1n) is 7.58. The number of carbonyl (C=O) groups excluding carboxylic acids is 2. The predicted molar refractivity (Wildman–Crippen MR) is 94.4 cm³/mol. The fraction of sp³-hybridized carbons (Fsp3) is 0.167. The quantitative estimate of drug-likeness (QED) is 0.440. The van der Waals surface area contributed by atoms with Gasteiger partial charge in [0, 0.05) is 17.5 Å². The zero-order chi connectivity index (χ0) is 18.0. The van der Waals surface area contributed by atoms with Gasteiger partial charge in [-0.15, -0.1) is 11.3 Å². The molecule has 25 heavy (non-hydrogen) atoms. The maximum atomic E-state index is 12.0. The molecule has 1 aromatic carbocycles. The Morgan fingerprint density at radius 3 is 2.68 bits per heavy atom. The summed E-state index contributed by atoms with van der Waals surface area (Å²) in [6.45, 7) is 3.60. The molecule has 0 saturated carbocycles. The van der Waals surface area contributed by atoms with E-state index in [2.05, 4.69) is 5.32 Å². The molecule has 0 saturated heterocycles. The van der Waals surface area contributed by atoms with Crippen LogP contribution >= 0.6 is 11.3 Å². The van der Waals surface area contributed by atoms with Crippen molar-refractivity contribution in [2.24, 2.45) is 0 Å². The third-order valence-corrected chi connectivity index (χ3v) is 4.15. The lowest BCUT2D eigenvalue weighted by molar-refractivity contribution is 0.0739. The van der Waals surface area contributed by atoms with Gasteiger partial charge in [-0.2, -0.15) is 0 Å². The summed E-state index contributed by atoms with van der Waals surface area (Å²) in [5.41, 5.74) is -0.570. The Morgan fingerprint density at radius 2 is 2.00 bits per heavy atom. The SMILES string of the molecule is CC(C)NC(=O)c1cc2ccc(OC(=O)c3cccs3)cc2oc1=O. The third kappa shape index (κ3) is 3.77. The average Bonchev–Trinajstić information content (AvgIpc) is 3.08. The molecule has 0 atom stereocenters. The Labute approximate surface area is 147 Å². The van der Waals surface area contributed by atoms with Gasteiger partial charge in [0.15, 0.2) is 0 Å². The standard InChI is InChI=1S/C18H15NO5S/c1-10(2)19-16(20)13-8-11-5-6-12(9-14(11)24-17(13)21)23-18(22)15-4-3-7-25-15/h3-10H,1-2H3,(H,19,20). The molecule has 0 bridgehead atoms. The first kappa shape index (κ1) is 16.9. The van der Waals surface area contributed by atoms with E-state index in [4.69, 9.17) is 9.15 Å². The lowest BCUT2D eigenvalue weighted by Crippen LogP contribution is -2.33. The fourth-order valence-corrected chi connectivity index (χ4v) is 2.80. The first-order valence-corrected chi connectivity index (χ1v) is 8.46. The molecule has 3 aromatic rings. The molecular formula is C18H15NO5S. The Bertz CT molecular complexity index is 988. The van der Waals surface area contributed by atoms with Gasteiger partial charge in [0.1, 0.15) is 21.8 Å². The van der Waals surface area contributed by atoms with E-state index in [0.717, 1.165) is 0 Å². The molecule has 0 aliphatic heterocycles. The molecule has 0 fully saturated rings. The van der Waals surface area contributed by atoms with E-state index in [1.807, 2.05) is 0 Å². The second-order valence-corrected chi connectivity index (χ2v) is 6.59. The van der Waals surface area contributed by atoms with Crippen molar-refractivity contribution in [1.82, 2.24) is 5.32 Å². The van der Waals surface area contributed by atoms with E-state index in [9.17, 15) is 14.4 Å². The maximum Gasteiger partial charge on any atom is 0.353 e. The summed E-state index contributed by atoms with van der Waals surface area (Å²) in [4.78, 5) is 36.5. The predicted octanol–water partition coefficient (Wildman–Crippen LogP) is 3.21. The number of carbonyl (C=O) groups is 2. The summed E-state index contributed by atoms with van der Waals surface area (Å²) in [7, 11) is 0. The molecule has 2 aromatic heterocycles. The second kappa shape index (κ2) is 6.90. The number of hydrogen-bond donors (Lipinski definition) is 1. The van der Waals surface area contributed by atoms with Crippen LogP contribution in [0.1, 0.15) is 33.9 Å². The van der Waals surface area contributed by atoms with Gasteiger partial charge in [0.25, 0.3) is 5.91 Å². The molecule has 0 aliphatic rings. The summed E-state index contributed by atoms with van der Waals surface area (Å²) in [5, 5.41) is 4.99. The lowest BCUT2D eigenvalue weighted by atomic mass is 10.1. The van der Waals surface area contributed by atoms with Crippen LogP contribution in [0.3, 0.4) is 0 Å². The van der Waals surface area contributed by atoms with Crippen LogP contribution in [0.5, 0.6) is 5.75 Å². The van der Waals surface area contributed by atoms with Gasteiger partial charge in [0.2, 0.25) is 0 Å². The number of fused-ring (bicyclic) bond motifs is 1. The molecule has 1 N–H and O–H groups in total. The monoisotopic (exact) mass is 357 g/mol. The van der Waals surface area contributed by atoms with Crippen LogP contribution in [0.4, 0.5) is 0 Å². The van der Waals surface area contributed by atoms with Crippen LogP contribution in [0.25, 0.3) is 11.0 Å². The highest BCUT2D eigenvalue weighted by Gasteiger charge is 2.15. The summed E-state index contributed by atoms with van der Waals surface area (Å²) < 4.78 is 10.5. The van der Waals surface area contributed by atoms with E-state index >= 15 is 0 Å². The highest BCUT2D eigenvalue weighted by Crippen LogP contribution is 2.22. The highest BCUT2D eigenvalue weighted by molar-refractivity contribution is 7.12. The fourth-order valence-electron chi connectivity index (χ4n) is 2.21. The smallest absolute Gasteiger partial charge is 0.353 e. The zero-order valence-electron chi connectivity index (χ0n) is 13.6. The highest BCUT2D eigenvalue weighted by atomic mass is 32.1. The largest absolute Gasteiger partial charge is 0.422 e. The molecule has 7 heteroatoms. The summed E-state index contributed by atoms with van der Waals surface area (Å²) in [6.07, 6.45) is 0. The van der Waals surface area contributed by atoms with Crippen molar-refractivity contribution in [3.05, 3.63) is 62.6 Å². The first-order chi connectivity index (χ1) is 11.9. The number of ether oxygens (including phenoxy) is 1. The van der Waals surface area contributed by atoms with E-state index in [1.165, 1.54) is 23.5 Å². The van der Waals surface area contributed by atoms with Crippen molar-refractivity contribution >= 4 is 34.2 Å². The number of thiophene rings is 1. The topological polar surface area (TPSA) is 85.6 Å². The number of hydrogen-bond acceptors (Lipinski definition) is 6. The Balaban J connectivity index is 1.90. The molecule has 3 rings (SSSR count). The summed E-state index contributed by atoms with van der Waals surface area (Å²) in [5.74, 6) is -0.711. The third-order valence-electron chi connectivity index (χ3n) is 3.30. The number of benzene rings is 1. The van der Waals surface area contributed by atoms with Gasteiger partial charge in [-0.1, -0.05) is 6.07 Å². The van der Waals surface area contributed by atoms with Crippen LogP contribution in [-0.4, -0.2) is 17.9 Å². The van der Waals surface area contributed by atoms with Crippen molar-refractivity contribution in [3.8, 4) is 5.75 Å². The van der Waals surface area contributed by atoms with Gasteiger partial charge < -0.3 is 14.5 Å². The van der Waals surface area contributed by atoms with E-state index in [0.29, 0.717) is 10.3 Å². The number of nitrogens with one attached hydrogen (secondary N) is 1. The minimum Gasteiger partial charge on any atom is -0.422 e. The van der Waals surface area contributed by atoms with E-state index < -0.39 is 17.5 Å². The summed E-state index contributed by atoms with van der Waals surface area (Å²) >= 11 is 1.27. The minimum atomic E-state index is -0.743. The van der Waals surface area contributed by atoms with Gasteiger partial charge in [0.05, 0.1) is 0 Å². The Kier molecular flexibility index (Phi) is 4.67. The number of esters is 1. The Morgan fingerprint density at radius 1 is 1.20 bits per heavy atom. The van der Waals surface area contributed by atoms with Gasteiger partial charge >= 0.3 is 11.6 Å². The maximum absolute atomic E-state index is 12.0. The molecule has 1 amide bonds. The van der Waals surface area contributed by atoms with Crippen molar-refractivity contribution in [2.45, 2.75) is 19.9 Å². The molecular weight excluding hydrogens is 342 g/mol. The minimum absolute atomic E-state index is 0.0652. The van der Waals surface area contributed by atoms with Crippen LogP contribution in [0.2, 0.25) is 0 Å². The molecule has 0 spiro atoms. The lowest BCUT2D eigenvalue weighted by Gasteiger charge is -2.08. The molecule has 128 valence electrons. The molecule has 0 unspecified atom stereocenters. The van der Waals surface area contributed by atoms with Gasteiger partial charge in [-0.3, -0.25) is 4.79 Å². The van der Waals surface area contributed by atoms with E-state index in [-0.39, 0.29) is 22.9 Å². The normalized spacial score (nSPS) is 10.8. The second-order valence-electron chi connectivity index (χ2n) is 5.64. The molecule has 0 aliphatic carbocycles. The van der Waals surface area contributed by atoms with Crippen molar-refractivity contribution in [2.75, 3.05) is 0 Å². The average molecular weight is 357 g/mol. The van der Waals surface area contributed by atoms with Crippen molar-refractivity contribution in [1.29, 1.82) is 0 Å². The van der Waals surface area contributed by atoms with Crippen molar-refractivity contribution < 1.29 is 18.7 Å². The van der Waals surface area contributed by atoms with Crippen LogP contribution in [-0.2, 0) is 0 Å². The zero-order valence-corrected chi connectivity index (χ0v) is 14.4. The Hall–Kier alpha value is -2.93. The van der Waals surface area contributed by atoms with Crippen LogP contribution in [0.15, 0.2) is 51.0 Å². The number of rotatable bonds is 4. The van der Waals surface area contributed by atoms with E-state index in [1.54, 1.807) is 43.5 Å². The van der Waals surface area contributed by atoms with Crippen LogP contribution in [0, 0.1) is 0 Å². The van der Waals surface area contributed by atoms with Crippen molar-refractivity contribution in [3.63, 3.8) is 0 Å². The summed E-state index contributed by atoms with van der Waals surface area (Å²) in [6, 6.07) is 9.44. The van der Waals surface area contributed by atoms with Gasteiger partial charge in [-0.25, -0.2) is 9.59 Å². The molecule has 0 radical (unpaired) electrons. The number of amides is 1.